The Morgan fingerprint density at radius 2 is 1.54 bits per heavy atom. The molecule has 0 aliphatic carbocycles. The van der Waals surface area contributed by atoms with Crippen molar-refractivity contribution < 1.29 is 9.53 Å². The molecule has 4 bridgehead atoms. The van der Waals surface area contributed by atoms with Gasteiger partial charge in [0, 0.05) is 18.6 Å². The summed E-state index contributed by atoms with van der Waals surface area (Å²) in [6, 6.07) is 12.3. The van der Waals surface area contributed by atoms with Gasteiger partial charge in [-0.25, -0.2) is 4.79 Å². The summed E-state index contributed by atoms with van der Waals surface area (Å²) in [4.78, 5) is 17.5. The van der Waals surface area contributed by atoms with Gasteiger partial charge in [-0.15, -0.1) is 0 Å². The van der Waals surface area contributed by atoms with Crippen LogP contribution in [-0.4, -0.2) is 45.7 Å². The molecule has 5 heterocycles. The van der Waals surface area contributed by atoms with E-state index in [9.17, 15) is 4.79 Å². The summed E-state index contributed by atoms with van der Waals surface area (Å²) in [6.07, 6.45) is 4.55. The molecule has 0 radical (unpaired) electrons. The number of carbonyl (C=O) groups is 1. The Bertz CT molecular complexity index is 590. The van der Waals surface area contributed by atoms with Crippen LogP contribution in [0.2, 0.25) is 0 Å². The second-order valence-corrected chi connectivity index (χ2v) is 8.47. The highest BCUT2D eigenvalue weighted by Gasteiger charge is 2.56. The lowest BCUT2D eigenvalue weighted by Gasteiger charge is -2.64. The molecule has 0 spiro atoms. The summed E-state index contributed by atoms with van der Waals surface area (Å²) in [5.74, 6) is 0. The van der Waals surface area contributed by atoms with E-state index in [4.69, 9.17) is 4.74 Å². The summed E-state index contributed by atoms with van der Waals surface area (Å²) in [5, 5.41) is 0. The van der Waals surface area contributed by atoms with Crippen LogP contribution in [0.3, 0.4) is 0 Å². The number of hydrogen-bond donors (Lipinski definition) is 0. The van der Waals surface area contributed by atoms with Crippen LogP contribution in [0, 0.1) is 0 Å². The summed E-state index contributed by atoms with van der Waals surface area (Å²) in [7, 11) is 0. The molecule has 5 fully saturated rings. The highest BCUT2D eigenvalue weighted by Crippen LogP contribution is 2.46. The fourth-order valence-electron chi connectivity index (χ4n) is 4.98. The lowest BCUT2D eigenvalue weighted by Crippen LogP contribution is -2.76. The van der Waals surface area contributed by atoms with Gasteiger partial charge in [0.15, 0.2) is 0 Å². The van der Waals surface area contributed by atoms with E-state index in [0.717, 1.165) is 19.4 Å². The van der Waals surface area contributed by atoms with Crippen LogP contribution in [-0.2, 0) is 11.3 Å². The second kappa shape index (κ2) is 5.76. The molecule has 4 nitrogen and oxygen atoms in total. The third-order valence-corrected chi connectivity index (χ3v) is 5.78. The van der Waals surface area contributed by atoms with Gasteiger partial charge in [-0.2, -0.15) is 0 Å². The van der Waals surface area contributed by atoms with Gasteiger partial charge < -0.3 is 4.74 Å². The maximum Gasteiger partial charge on any atom is 0.410 e. The van der Waals surface area contributed by atoms with Crippen molar-refractivity contribution in [3.8, 4) is 0 Å². The highest BCUT2D eigenvalue weighted by molar-refractivity contribution is 5.70. The zero-order chi connectivity index (χ0) is 16.9. The van der Waals surface area contributed by atoms with Crippen molar-refractivity contribution in [1.82, 2.24) is 9.80 Å². The van der Waals surface area contributed by atoms with Crippen molar-refractivity contribution in [3.05, 3.63) is 35.9 Å². The van der Waals surface area contributed by atoms with Crippen LogP contribution < -0.4 is 0 Å². The first-order chi connectivity index (χ1) is 11.4. The van der Waals surface area contributed by atoms with Crippen LogP contribution in [0.15, 0.2) is 30.3 Å². The van der Waals surface area contributed by atoms with Crippen LogP contribution in [0.5, 0.6) is 0 Å². The summed E-state index contributed by atoms with van der Waals surface area (Å²) in [5.41, 5.74) is 0.955. The number of hydrogen-bond acceptors (Lipinski definition) is 3. The van der Waals surface area contributed by atoms with Crippen molar-refractivity contribution >= 4 is 6.09 Å². The third-order valence-electron chi connectivity index (χ3n) is 5.78. The predicted molar refractivity (Wildman–Crippen MR) is 93.7 cm³/mol. The quantitative estimate of drug-likeness (QED) is 0.828. The zero-order valence-corrected chi connectivity index (χ0v) is 14.9. The molecule has 24 heavy (non-hydrogen) atoms. The molecule has 130 valence electrons. The lowest BCUT2D eigenvalue weighted by molar-refractivity contribution is -0.141. The predicted octanol–water partition coefficient (Wildman–Crippen LogP) is 3.80. The van der Waals surface area contributed by atoms with E-state index in [1.165, 1.54) is 18.4 Å². The molecule has 5 aliphatic heterocycles. The first kappa shape index (κ1) is 15.9. The summed E-state index contributed by atoms with van der Waals surface area (Å²) >= 11 is 0. The van der Waals surface area contributed by atoms with Crippen LogP contribution >= 0.6 is 0 Å². The molecule has 5 saturated heterocycles. The molecular formula is C20H28N2O2. The normalized spacial score (nSPS) is 32.2. The van der Waals surface area contributed by atoms with E-state index < -0.39 is 5.60 Å². The Balaban J connectivity index is 1.54. The van der Waals surface area contributed by atoms with Crippen molar-refractivity contribution in [2.45, 2.75) is 82.8 Å². The lowest BCUT2D eigenvalue weighted by atomic mass is 9.71. The number of carbonyl (C=O) groups excluding carboxylic acids is 1. The Morgan fingerprint density at radius 1 is 1.00 bits per heavy atom. The van der Waals surface area contributed by atoms with Gasteiger partial charge in [-0.05, 0) is 52.0 Å². The molecule has 6 rings (SSSR count). The maximum atomic E-state index is 12.7. The number of piperazine rings is 1. The molecule has 0 N–H and O–H groups in total. The summed E-state index contributed by atoms with van der Waals surface area (Å²) in [6.45, 7) is 6.86. The fourth-order valence-corrected chi connectivity index (χ4v) is 4.98. The van der Waals surface area contributed by atoms with E-state index in [-0.39, 0.29) is 6.09 Å². The molecular weight excluding hydrogens is 300 g/mol. The minimum absolute atomic E-state index is 0.105. The number of piperidine rings is 4. The number of ether oxygens (including phenoxy) is 1. The molecule has 4 unspecified atom stereocenters. The van der Waals surface area contributed by atoms with E-state index in [0.29, 0.717) is 24.2 Å². The molecule has 0 aromatic heterocycles. The smallest absolute Gasteiger partial charge is 0.410 e. The molecule has 1 aromatic rings. The van der Waals surface area contributed by atoms with Crippen molar-refractivity contribution in [3.63, 3.8) is 0 Å². The zero-order valence-electron chi connectivity index (χ0n) is 14.9. The second-order valence-electron chi connectivity index (χ2n) is 8.47. The van der Waals surface area contributed by atoms with E-state index >= 15 is 0 Å². The fraction of sp³-hybridized carbons (Fsp3) is 0.650. The summed E-state index contributed by atoms with van der Waals surface area (Å²) < 4.78 is 5.70. The van der Waals surface area contributed by atoms with Gasteiger partial charge in [0.05, 0.1) is 12.1 Å². The van der Waals surface area contributed by atoms with Crippen molar-refractivity contribution in [2.75, 3.05) is 0 Å². The monoisotopic (exact) mass is 328 g/mol. The average Bonchev–Trinajstić information content (AvgIpc) is 2.53. The van der Waals surface area contributed by atoms with Gasteiger partial charge in [0.2, 0.25) is 0 Å². The van der Waals surface area contributed by atoms with Crippen LogP contribution in [0.4, 0.5) is 4.79 Å². The van der Waals surface area contributed by atoms with E-state index in [1.54, 1.807) is 0 Å². The van der Waals surface area contributed by atoms with Crippen LogP contribution in [0.25, 0.3) is 0 Å². The highest BCUT2D eigenvalue weighted by atomic mass is 16.6. The Hall–Kier alpha value is -1.55. The van der Waals surface area contributed by atoms with Gasteiger partial charge in [-0.3, -0.25) is 9.80 Å². The standard InChI is InChI=1S/C20H28N2O2/c1-20(2,3)24-19(23)22-17-11-9-15-18(22)12-10-16(17)21(15)13-14-7-5-4-6-8-14/h4-8,15-18H,9-13H2,1-3H3. The van der Waals surface area contributed by atoms with E-state index in [1.807, 2.05) is 20.8 Å². The minimum Gasteiger partial charge on any atom is -0.444 e. The molecule has 5 aliphatic rings. The maximum absolute atomic E-state index is 12.7. The molecule has 0 saturated carbocycles. The first-order valence-electron chi connectivity index (χ1n) is 9.25. The van der Waals surface area contributed by atoms with Crippen LogP contribution in [0.1, 0.15) is 52.0 Å². The topological polar surface area (TPSA) is 32.8 Å². The molecule has 1 aromatic carbocycles. The Kier molecular flexibility index (Phi) is 3.83. The SMILES string of the molecule is CC(C)(C)OC(=O)N1C2CCC3C1CCC2N3Cc1ccccc1. The average molecular weight is 328 g/mol. The van der Waals surface area contributed by atoms with E-state index in [2.05, 4.69) is 40.1 Å². The third kappa shape index (κ3) is 2.71. The number of benzene rings is 1. The minimum atomic E-state index is -0.420. The largest absolute Gasteiger partial charge is 0.444 e. The molecule has 4 heteroatoms. The number of amides is 1. The van der Waals surface area contributed by atoms with Gasteiger partial charge in [0.1, 0.15) is 5.60 Å². The molecule has 1 amide bonds. The number of nitrogens with zero attached hydrogens (tertiary/aromatic N) is 2. The first-order valence-corrected chi connectivity index (χ1v) is 9.25. The van der Waals surface area contributed by atoms with Crippen molar-refractivity contribution in [2.24, 2.45) is 0 Å². The van der Waals surface area contributed by atoms with Gasteiger partial charge in [0.25, 0.3) is 0 Å². The molecule has 4 atom stereocenters. The number of fused-ring (bicyclic) bond motifs is 2. The number of rotatable bonds is 2. The Labute approximate surface area is 144 Å². The Morgan fingerprint density at radius 3 is 2.08 bits per heavy atom. The van der Waals surface area contributed by atoms with Gasteiger partial charge in [-0.1, -0.05) is 30.3 Å². The van der Waals surface area contributed by atoms with Crippen molar-refractivity contribution in [1.29, 1.82) is 0 Å². The van der Waals surface area contributed by atoms with Gasteiger partial charge >= 0.3 is 6.09 Å².